The van der Waals surface area contributed by atoms with Crippen LogP contribution in [0.5, 0.6) is 23.0 Å². The van der Waals surface area contributed by atoms with Crippen molar-refractivity contribution in [2.45, 2.75) is 76.6 Å². The molecule has 262 valence electrons. The molecule has 0 saturated carbocycles. The molecular formula is C36H45N3O9Si. The number of ether oxygens (including phenoxy) is 4. The van der Waals surface area contributed by atoms with Gasteiger partial charge in [-0.2, -0.15) is 0 Å². The standard InChI is InChI=1S/C36H45N3O9Si/c1-36(2,3)48-35(44)37-26-19-22-13-15-25(16-14-22)47-28-21-24(20-27(40)31(28)45-4)30(34(43)46-17-18-49(5,6)7)39-33(42)29(38-32(26)41)23-11-9-8-10-12-23/h8-16,20-21,26,29-30,40H,17-19H2,1-7H3,(H,37,44)(H,38,41)(H,39,42)/t26-,29+,30-/m1/s1. The average Bonchev–Trinajstić information content (AvgIpc) is 3.01. The number of rotatable bonds is 7. The van der Waals surface area contributed by atoms with Gasteiger partial charge < -0.3 is 40.0 Å². The molecule has 0 aromatic heterocycles. The average molecular weight is 692 g/mol. The van der Waals surface area contributed by atoms with Crippen molar-refractivity contribution >= 4 is 32.0 Å². The summed E-state index contributed by atoms with van der Waals surface area (Å²) in [5.41, 5.74) is 0.420. The molecule has 12 nitrogen and oxygen atoms in total. The van der Waals surface area contributed by atoms with Gasteiger partial charge in [0, 0.05) is 14.5 Å². The van der Waals surface area contributed by atoms with Crippen molar-refractivity contribution in [1.29, 1.82) is 0 Å². The Morgan fingerprint density at radius 3 is 2.24 bits per heavy atom. The molecule has 49 heavy (non-hydrogen) atoms. The zero-order valence-electron chi connectivity index (χ0n) is 28.9. The first kappa shape index (κ1) is 36.8. The van der Waals surface area contributed by atoms with E-state index >= 15 is 0 Å². The fraction of sp³-hybridized carbons (Fsp3) is 0.389. The number of phenolic OH excluding ortho intramolecular Hbond substituents is 1. The molecule has 0 spiro atoms. The number of carbonyl (C=O) groups is 4. The second kappa shape index (κ2) is 15.5. The Labute approximate surface area is 287 Å². The van der Waals surface area contributed by atoms with Crippen molar-refractivity contribution in [1.82, 2.24) is 16.0 Å². The summed E-state index contributed by atoms with van der Waals surface area (Å²) in [5, 5.41) is 19.1. The number of hydrogen-bond acceptors (Lipinski definition) is 9. The second-order valence-electron chi connectivity index (χ2n) is 14.0. The highest BCUT2D eigenvalue weighted by molar-refractivity contribution is 6.76. The molecule has 4 bridgehead atoms. The van der Waals surface area contributed by atoms with Crippen molar-refractivity contribution in [3.63, 3.8) is 0 Å². The van der Waals surface area contributed by atoms with Gasteiger partial charge in [-0.3, -0.25) is 9.59 Å². The highest BCUT2D eigenvalue weighted by atomic mass is 28.3. The lowest BCUT2D eigenvalue weighted by Crippen LogP contribution is -2.52. The lowest BCUT2D eigenvalue weighted by Gasteiger charge is -2.27. The molecule has 4 N–H and O–H groups in total. The van der Waals surface area contributed by atoms with Crippen LogP contribution in [0.1, 0.15) is 49.5 Å². The molecule has 0 saturated heterocycles. The first-order valence-corrected chi connectivity index (χ1v) is 19.7. The molecular weight excluding hydrogens is 646 g/mol. The van der Waals surface area contributed by atoms with Gasteiger partial charge in [-0.1, -0.05) is 62.1 Å². The summed E-state index contributed by atoms with van der Waals surface area (Å²) in [6, 6.07) is 14.8. The predicted molar refractivity (Wildman–Crippen MR) is 185 cm³/mol. The monoisotopic (exact) mass is 691 g/mol. The number of aromatic hydroxyl groups is 1. The molecule has 13 heteroatoms. The van der Waals surface area contributed by atoms with E-state index in [2.05, 4.69) is 35.6 Å². The Morgan fingerprint density at radius 2 is 1.63 bits per heavy atom. The Balaban J connectivity index is 1.83. The quantitative estimate of drug-likeness (QED) is 0.184. The third-order valence-electron chi connectivity index (χ3n) is 7.49. The van der Waals surface area contributed by atoms with E-state index in [-0.39, 0.29) is 35.8 Å². The Hall–Kier alpha value is -5.04. The van der Waals surface area contributed by atoms with E-state index in [9.17, 15) is 24.3 Å². The maximum atomic E-state index is 14.2. The molecule has 5 rings (SSSR count). The van der Waals surface area contributed by atoms with Crippen LogP contribution < -0.4 is 25.4 Å². The summed E-state index contributed by atoms with van der Waals surface area (Å²) in [4.78, 5) is 54.7. The predicted octanol–water partition coefficient (Wildman–Crippen LogP) is 5.54. The maximum Gasteiger partial charge on any atom is 0.408 e. The number of fused-ring (bicyclic) bond motifs is 9. The molecule has 2 aliphatic heterocycles. The minimum absolute atomic E-state index is 0.0159. The van der Waals surface area contributed by atoms with Gasteiger partial charge in [-0.15, -0.1) is 0 Å². The summed E-state index contributed by atoms with van der Waals surface area (Å²) >= 11 is 0. The van der Waals surface area contributed by atoms with Gasteiger partial charge >= 0.3 is 12.1 Å². The number of esters is 1. The van der Waals surface area contributed by atoms with Crippen molar-refractivity contribution in [3.05, 3.63) is 83.4 Å². The van der Waals surface area contributed by atoms with Crippen LogP contribution in [0, 0.1) is 0 Å². The van der Waals surface area contributed by atoms with Crippen molar-refractivity contribution in [3.8, 4) is 23.0 Å². The Kier molecular flexibility index (Phi) is 11.6. The smallest absolute Gasteiger partial charge is 0.408 e. The first-order valence-electron chi connectivity index (χ1n) is 16.0. The molecule has 3 aromatic rings. The number of phenols is 1. The number of methoxy groups -OCH3 is 1. The van der Waals surface area contributed by atoms with Crippen molar-refractivity contribution in [2.24, 2.45) is 0 Å². The van der Waals surface area contributed by atoms with Gasteiger partial charge in [0.2, 0.25) is 17.6 Å². The van der Waals surface area contributed by atoms with Gasteiger partial charge in [-0.05, 0) is 67.8 Å². The van der Waals surface area contributed by atoms with Crippen LogP contribution in [-0.2, 0) is 30.3 Å². The fourth-order valence-corrected chi connectivity index (χ4v) is 5.72. The number of benzene rings is 3. The molecule has 0 fully saturated rings. The van der Waals surface area contributed by atoms with E-state index in [1.54, 1.807) is 75.4 Å². The number of carbonyl (C=O) groups excluding carboxylic acids is 4. The fourth-order valence-electron chi connectivity index (χ4n) is 5.00. The van der Waals surface area contributed by atoms with E-state index < -0.39 is 55.7 Å². The topological polar surface area (TPSA) is 162 Å². The Morgan fingerprint density at radius 1 is 0.959 bits per heavy atom. The largest absolute Gasteiger partial charge is 0.504 e. The minimum Gasteiger partial charge on any atom is -0.504 e. The lowest BCUT2D eigenvalue weighted by atomic mass is 10.0. The molecule has 2 aliphatic rings. The third kappa shape index (κ3) is 10.5. The van der Waals surface area contributed by atoms with E-state index in [0.717, 1.165) is 0 Å². The number of nitrogens with one attached hydrogen (secondary N) is 3. The molecule has 3 amide bonds. The highest BCUT2D eigenvalue weighted by Gasteiger charge is 2.34. The molecule has 3 atom stereocenters. The van der Waals surface area contributed by atoms with E-state index in [0.29, 0.717) is 22.9 Å². The lowest BCUT2D eigenvalue weighted by molar-refractivity contribution is -0.148. The van der Waals surface area contributed by atoms with Crippen LogP contribution in [0.15, 0.2) is 66.7 Å². The van der Waals surface area contributed by atoms with Crippen molar-refractivity contribution < 1.29 is 43.2 Å². The number of amides is 3. The van der Waals surface area contributed by atoms with Crippen LogP contribution >= 0.6 is 0 Å². The van der Waals surface area contributed by atoms with Crippen LogP contribution in [0.4, 0.5) is 4.79 Å². The number of hydrogen-bond donors (Lipinski definition) is 4. The molecule has 0 radical (unpaired) electrons. The second-order valence-corrected chi connectivity index (χ2v) is 19.6. The van der Waals surface area contributed by atoms with Gasteiger partial charge in [-0.25, -0.2) is 9.59 Å². The minimum atomic E-state index is -1.58. The van der Waals surface area contributed by atoms with E-state index in [4.69, 9.17) is 18.9 Å². The summed E-state index contributed by atoms with van der Waals surface area (Å²) in [6.45, 7) is 11.7. The Bertz CT molecular complexity index is 1650. The van der Waals surface area contributed by atoms with Crippen LogP contribution in [0.25, 0.3) is 0 Å². The zero-order chi connectivity index (χ0) is 35.9. The van der Waals surface area contributed by atoms with Gasteiger partial charge in [0.25, 0.3) is 0 Å². The van der Waals surface area contributed by atoms with Crippen LogP contribution in [-0.4, -0.2) is 62.4 Å². The molecule has 3 aromatic carbocycles. The zero-order valence-corrected chi connectivity index (χ0v) is 29.9. The molecule has 0 unspecified atom stereocenters. The molecule has 2 heterocycles. The van der Waals surface area contributed by atoms with Crippen LogP contribution in [0.2, 0.25) is 25.7 Å². The van der Waals surface area contributed by atoms with E-state index in [1.165, 1.54) is 19.2 Å². The van der Waals surface area contributed by atoms with Gasteiger partial charge in [0.05, 0.1) is 13.7 Å². The number of alkyl carbamates (subject to hydrolysis) is 1. The normalized spacial score (nSPS) is 18.4. The maximum absolute atomic E-state index is 14.2. The van der Waals surface area contributed by atoms with Gasteiger partial charge in [0.1, 0.15) is 23.4 Å². The van der Waals surface area contributed by atoms with Crippen molar-refractivity contribution in [2.75, 3.05) is 13.7 Å². The summed E-state index contributed by atoms with van der Waals surface area (Å²) in [5.74, 6) is -2.04. The van der Waals surface area contributed by atoms with E-state index in [1.807, 2.05) is 0 Å². The molecule has 0 aliphatic carbocycles. The summed E-state index contributed by atoms with van der Waals surface area (Å²) in [6.07, 6.45) is -0.769. The SMILES string of the molecule is COc1c(O)cc2cc1Oc1ccc(cc1)C[C@@H](NC(=O)OC(C)(C)C)C(=O)N[C@@H](c1ccccc1)C(=O)N[C@H]2C(=O)OCC[Si](C)(C)C. The van der Waals surface area contributed by atoms with Crippen LogP contribution in [0.3, 0.4) is 0 Å². The third-order valence-corrected chi connectivity index (χ3v) is 9.20. The van der Waals surface area contributed by atoms with Gasteiger partial charge in [0.15, 0.2) is 17.5 Å². The highest BCUT2D eigenvalue weighted by Crippen LogP contribution is 2.42. The summed E-state index contributed by atoms with van der Waals surface area (Å²) in [7, 11) is -0.216. The summed E-state index contributed by atoms with van der Waals surface area (Å²) < 4.78 is 22.6. The first-order chi connectivity index (χ1) is 23.0.